The molecule has 0 bridgehead atoms. The quantitative estimate of drug-likeness (QED) is 0.859. The zero-order valence-corrected chi connectivity index (χ0v) is 13.5. The van der Waals surface area contributed by atoms with Gasteiger partial charge in [0.05, 0.1) is 0 Å². The molecule has 1 aliphatic rings. The van der Waals surface area contributed by atoms with Gasteiger partial charge in [0, 0.05) is 23.7 Å². The first-order chi connectivity index (χ1) is 10.5. The van der Waals surface area contributed by atoms with Crippen molar-refractivity contribution in [3.63, 3.8) is 0 Å². The fourth-order valence-electron chi connectivity index (χ4n) is 2.98. The third-order valence-corrected chi connectivity index (χ3v) is 4.39. The lowest BCUT2D eigenvalue weighted by Gasteiger charge is -2.36. The topological polar surface area (TPSA) is 62.1 Å². The number of piperidine rings is 1. The van der Waals surface area contributed by atoms with E-state index in [1.54, 1.807) is 0 Å². The van der Waals surface area contributed by atoms with Crippen molar-refractivity contribution in [3.8, 4) is 11.5 Å². The van der Waals surface area contributed by atoms with Crippen LogP contribution >= 0.6 is 12.2 Å². The Morgan fingerprint density at radius 2 is 2.09 bits per heavy atom. The molecule has 6 heteroatoms. The number of nitrogens with one attached hydrogen (secondary N) is 1. The van der Waals surface area contributed by atoms with Crippen LogP contribution < -0.4 is 0 Å². The van der Waals surface area contributed by atoms with Crippen molar-refractivity contribution in [1.29, 1.82) is 0 Å². The molecule has 0 radical (unpaired) electrons. The minimum absolute atomic E-state index is 0.0916. The molecule has 2 atom stereocenters. The number of carbonyl (C=O) groups excluding carboxylic acids is 1. The van der Waals surface area contributed by atoms with Gasteiger partial charge in [-0.15, -0.1) is 5.10 Å². The van der Waals surface area contributed by atoms with E-state index < -0.39 is 0 Å². The Morgan fingerprint density at radius 1 is 1.36 bits per heavy atom. The zero-order chi connectivity index (χ0) is 15.7. The van der Waals surface area contributed by atoms with Crippen LogP contribution in [0.25, 0.3) is 11.5 Å². The average molecular weight is 317 g/mol. The number of hydrogen-bond acceptors (Lipinski definition) is 4. The lowest BCUT2D eigenvalue weighted by molar-refractivity contribution is 0.0588. The lowest BCUT2D eigenvalue weighted by atomic mass is 9.93. The van der Waals surface area contributed by atoms with E-state index in [9.17, 15) is 4.79 Å². The van der Waals surface area contributed by atoms with Gasteiger partial charge >= 0.3 is 0 Å². The lowest BCUT2D eigenvalue weighted by Crippen LogP contribution is -2.44. The van der Waals surface area contributed by atoms with Crippen molar-refractivity contribution >= 4 is 18.1 Å². The van der Waals surface area contributed by atoms with E-state index in [2.05, 4.69) is 24.0 Å². The first-order valence-electron chi connectivity index (χ1n) is 7.51. The first kappa shape index (κ1) is 15.0. The normalized spacial score (nSPS) is 21.8. The van der Waals surface area contributed by atoms with E-state index in [0.29, 0.717) is 23.4 Å². The van der Waals surface area contributed by atoms with E-state index in [4.69, 9.17) is 16.6 Å². The van der Waals surface area contributed by atoms with Gasteiger partial charge in [-0.05, 0) is 62.2 Å². The fraction of sp³-hybridized carbons (Fsp3) is 0.438. The second-order valence-corrected chi connectivity index (χ2v) is 6.34. The average Bonchev–Trinajstić information content (AvgIpc) is 2.93. The molecule has 116 valence electrons. The van der Waals surface area contributed by atoms with Crippen LogP contribution in [-0.4, -0.2) is 33.6 Å². The molecule has 22 heavy (non-hydrogen) atoms. The van der Waals surface area contributed by atoms with Gasteiger partial charge in [-0.25, -0.2) is 5.10 Å². The van der Waals surface area contributed by atoms with Crippen molar-refractivity contribution in [2.45, 2.75) is 32.7 Å². The number of carbonyl (C=O) groups is 1. The summed E-state index contributed by atoms with van der Waals surface area (Å²) in [6.45, 7) is 5.19. The molecule has 1 saturated heterocycles. The van der Waals surface area contributed by atoms with Crippen LogP contribution in [0, 0.1) is 10.8 Å². The molecule has 1 aromatic heterocycles. The van der Waals surface area contributed by atoms with Crippen LogP contribution in [0.4, 0.5) is 0 Å². The third-order valence-electron chi connectivity index (χ3n) is 4.22. The molecule has 2 heterocycles. The van der Waals surface area contributed by atoms with Crippen LogP contribution in [0.1, 0.15) is 37.0 Å². The highest BCUT2D eigenvalue weighted by atomic mass is 32.1. The fourth-order valence-corrected chi connectivity index (χ4v) is 3.11. The number of aromatic nitrogens is 2. The molecule has 0 spiro atoms. The number of benzene rings is 1. The third kappa shape index (κ3) is 2.97. The molecule has 1 aromatic carbocycles. The molecule has 3 rings (SSSR count). The summed E-state index contributed by atoms with van der Waals surface area (Å²) in [6.07, 6.45) is 2.14. The van der Waals surface area contributed by atoms with Crippen molar-refractivity contribution in [2.24, 2.45) is 5.92 Å². The van der Waals surface area contributed by atoms with Gasteiger partial charge in [-0.3, -0.25) is 4.79 Å². The highest BCUT2D eigenvalue weighted by molar-refractivity contribution is 7.71. The van der Waals surface area contributed by atoms with Crippen LogP contribution in [0.15, 0.2) is 28.7 Å². The summed E-state index contributed by atoms with van der Waals surface area (Å²) in [6, 6.07) is 7.59. The van der Waals surface area contributed by atoms with Crippen molar-refractivity contribution in [1.82, 2.24) is 15.1 Å². The number of rotatable bonds is 2. The molecule has 1 amide bonds. The summed E-state index contributed by atoms with van der Waals surface area (Å²) in [7, 11) is 0. The Kier molecular flexibility index (Phi) is 4.11. The van der Waals surface area contributed by atoms with Crippen molar-refractivity contribution < 1.29 is 9.21 Å². The van der Waals surface area contributed by atoms with Gasteiger partial charge in [-0.1, -0.05) is 6.92 Å². The SMILES string of the molecule is CC1CCN(C(=O)c2ccc(-c3n[nH]c(=S)o3)cc2)C(C)C1. The predicted octanol–water partition coefficient (Wildman–Crippen LogP) is 3.66. The molecule has 0 aliphatic carbocycles. The van der Waals surface area contributed by atoms with Crippen LogP contribution in [-0.2, 0) is 0 Å². The van der Waals surface area contributed by atoms with Gasteiger partial charge in [0.25, 0.3) is 10.7 Å². The minimum atomic E-state index is 0.0916. The molecule has 1 N–H and O–H groups in total. The molecule has 2 aromatic rings. The Labute approximate surface area is 134 Å². The largest absolute Gasteiger partial charge is 0.409 e. The summed E-state index contributed by atoms with van der Waals surface area (Å²) < 4.78 is 5.27. The van der Waals surface area contributed by atoms with E-state index in [1.165, 1.54) is 0 Å². The number of H-pyrrole nitrogens is 1. The molecule has 2 unspecified atom stereocenters. The van der Waals surface area contributed by atoms with Crippen LogP contribution in [0.2, 0.25) is 0 Å². The number of likely N-dealkylation sites (tertiary alicyclic amines) is 1. The maximum absolute atomic E-state index is 12.6. The number of nitrogens with zero attached hydrogens (tertiary/aromatic N) is 2. The summed E-state index contributed by atoms with van der Waals surface area (Å²) in [5.41, 5.74) is 1.49. The number of hydrogen-bond donors (Lipinski definition) is 1. The zero-order valence-electron chi connectivity index (χ0n) is 12.7. The molecule has 1 aliphatic heterocycles. The van der Waals surface area contributed by atoms with Gasteiger partial charge in [0.1, 0.15) is 0 Å². The van der Waals surface area contributed by atoms with E-state index >= 15 is 0 Å². The maximum atomic E-state index is 12.6. The second kappa shape index (κ2) is 6.04. The van der Waals surface area contributed by atoms with Crippen LogP contribution in [0.5, 0.6) is 0 Å². The number of amides is 1. The maximum Gasteiger partial charge on any atom is 0.284 e. The Hall–Kier alpha value is -1.95. The Morgan fingerprint density at radius 3 is 2.68 bits per heavy atom. The molecule has 0 saturated carbocycles. The van der Waals surface area contributed by atoms with Gasteiger partial charge in [-0.2, -0.15) is 0 Å². The molecule has 5 nitrogen and oxygen atoms in total. The van der Waals surface area contributed by atoms with E-state index in [-0.39, 0.29) is 10.7 Å². The van der Waals surface area contributed by atoms with Crippen molar-refractivity contribution in [2.75, 3.05) is 6.54 Å². The Balaban J connectivity index is 1.78. The van der Waals surface area contributed by atoms with Gasteiger partial charge in [0.2, 0.25) is 5.89 Å². The van der Waals surface area contributed by atoms with Gasteiger partial charge in [0.15, 0.2) is 0 Å². The van der Waals surface area contributed by atoms with Crippen molar-refractivity contribution in [3.05, 3.63) is 34.7 Å². The van der Waals surface area contributed by atoms with Gasteiger partial charge < -0.3 is 9.32 Å². The summed E-state index contributed by atoms with van der Waals surface area (Å²) >= 11 is 4.86. The second-order valence-electron chi connectivity index (χ2n) is 5.97. The molecule has 1 fully saturated rings. The van der Waals surface area contributed by atoms with E-state index in [0.717, 1.165) is 24.9 Å². The molecular formula is C16H19N3O2S. The monoisotopic (exact) mass is 317 g/mol. The highest BCUT2D eigenvalue weighted by Gasteiger charge is 2.27. The Bertz CT molecular complexity index is 719. The molecular weight excluding hydrogens is 298 g/mol. The summed E-state index contributed by atoms with van der Waals surface area (Å²) in [5, 5.41) is 6.57. The summed E-state index contributed by atoms with van der Waals surface area (Å²) in [5.74, 6) is 1.22. The van der Waals surface area contributed by atoms with E-state index in [1.807, 2.05) is 29.2 Å². The first-order valence-corrected chi connectivity index (χ1v) is 7.92. The predicted molar refractivity (Wildman–Crippen MR) is 86.0 cm³/mol. The van der Waals surface area contributed by atoms with Crippen LogP contribution in [0.3, 0.4) is 0 Å². The smallest absolute Gasteiger partial charge is 0.284 e. The number of aromatic amines is 1. The standard InChI is InChI=1S/C16H19N3O2S/c1-10-7-8-19(11(2)9-10)15(20)13-5-3-12(4-6-13)14-17-18-16(22)21-14/h3-6,10-11H,7-9H2,1-2H3,(H,18,22). The summed E-state index contributed by atoms with van der Waals surface area (Å²) in [4.78, 5) is 14.8. The highest BCUT2D eigenvalue weighted by Crippen LogP contribution is 2.24. The minimum Gasteiger partial charge on any atom is -0.409 e.